The van der Waals surface area contributed by atoms with Crippen LogP contribution in [0, 0.1) is 0 Å². The summed E-state index contributed by atoms with van der Waals surface area (Å²) in [7, 11) is 0. The number of likely N-dealkylation sites (tertiary alicyclic amines) is 1. The molecule has 0 aromatic heterocycles. The molecule has 0 saturated carbocycles. The zero-order valence-electron chi connectivity index (χ0n) is 16.2. The topological polar surface area (TPSA) is 54.8 Å². The fraction of sp³-hybridized carbons (Fsp3) is 0.364. The first-order valence-electron chi connectivity index (χ1n) is 9.86. The lowest BCUT2D eigenvalue weighted by atomic mass is 10.0. The third kappa shape index (κ3) is 6.04. The highest BCUT2D eigenvalue weighted by molar-refractivity contribution is 7.80. The van der Waals surface area contributed by atoms with E-state index in [1.54, 1.807) is 24.0 Å². The molecule has 3 rings (SSSR count). The molecule has 1 aliphatic heterocycles. The van der Waals surface area contributed by atoms with Crippen LogP contribution in [0.4, 0.5) is 5.69 Å². The second kappa shape index (κ2) is 10.2. The minimum absolute atomic E-state index is 0.306. The third-order valence-corrected chi connectivity index (χ3v) is 5.20. The van der Waals surface area contributed by atoms with Crippen LogP contribution in [0.2, 0.25) is 0 Å². The van der Waals surface area contributed by atoms with Crippen LogP contribution in [0.15, 0.2) is 54.6 Å². The molecule has 6 heteroatoms. The van der Waals surface area contributed by atoms with Gasteiger partial charge in [-0.25, -0.2) is 4.79 Å². The van der Waals surface area contributed by atoms with Crippen LogP contribution in [0.25, 0.3) is 0 Å². The molecule has 5 nitrogen and oxygen atoms in total. The lowest BCUT2D eigenvalue weighted by Gasteiger charge is -2.30. The Kier molecular flexibility index (Phi) is 7.39. The van der Waals surface area contributed by atoms with Crippen molar-refractivity contribution < 1.29 is 14.4 Å². The van der Waals surface area contributed by atoms with Gasteiger partial charge in [-0.3, -0.25) is 0 Å². The van der Waals surface area contributed by atoms with Crippen molar-refractivity contribution in [1.82, 2.24) is 5.32 Å². The smallest absolute Gasteiger partial charge is 0.338 e. The lowest BCUT2D eigenvalue weighted by Crippen LogP contribution is -3.12. The molecule has 0 aliphatic carbocycles. The molecule has 0 amide bonds. The molecule has 2 aromatic carbocycles. The summed E-state index contributed by atoms with van der Waals surface area (Å²) < 4.78 is 5.00. The molecule has 0 spiro atoms. The third-order valence-electron chi connectivity index (χ3n) is 4.98. The van der Waals surface area contributed by atoms with E-state index in [4.69, 9.17) is 17.0 Å². The number of nitrogens with one attached hydrogen (secondary N) is 3. The van der Waals surface area contributed by atoms with Gasteiger partial charge in [-0.05, 0) is 43.4 Å². The van der Waals surface area contributed by atoms with Crippen molar-refractivity contribution >= 4 is 29.0 Å². The number of anilines is 1. The van der Waals surface area contributed by atoms with E-state index in [0.717, 1.165) is 38.2 Å². The molecule has 0 atom stereocenters. The summed E-state index contributed by atoms with van der Waals surface area (Å²) in [6, 6.07) is 18.2. The molecule has 1 saturated heterocycles. The molecule has 1 heterocycles. The average Bonchev–Trinajstić information content (AvgIpc) is 2.71. The quantitative estimate of drug-likeness (QED) is 0.515. The number of quaternary nitrogens is 1. The van der Waals surface area contributed by atoms with Crippen molar-refractivity contribution in [2.24, 2.45) is 0 Å². The van der Waals surface area contributed by atoms with Crippen LogP contribution in [0.3, 0.4) is 0 Å². The van der Waals surface area contributed by atoms with E-state index in [-0.39, 0.29) is 5.97 Å². The summed E-state index contributed by atoms with van der Waals surface area (Å²) in [6.07, 6.45) is 2.21. The Labute approximate surface area is 172 Å². The number of hydrogen-bond donors (Lipinski definition) is 3. The maximum Gasteiger partial charge on any atom is 0.338 e. The van der Waals surface area contributed by atoms with Gasteiger partial charge >= 0.3 is 5.97 Å². The Bertz CT molecular complexity index is 772. The number of carbonyl (C=O) groups excluding carboxylic acids is 1. The molecule has 1 aliphatic rings. The first-order chi connectivity index (χ1) is 13.6. The van der Waals surface area contributed by atoms with Crippen LogP contribution in [0.1, 0.15) is 35.7 Å². The number of piperidine rings is 1. The minimum atomic E-state index is -0.306. The van der Waals surface area contributed by atoms with E-state index in [2.05, 4.69) is 41.0 Å². The summed E-state index contributed by atoms with van der Waals surface area (Å²) in [5.41, 5.74) is 2.80. The number of carbonyl (C=O) groups is 1. The van der Waals surface area contributed by atoms with E-state index in [9.17, 15) is 4.79 Å². The fourth-order valence-electron chi connectivity index (χ4n) is 3.49. The molecule has 3 N–H and O–H groups in total. The van der Waals surface area contributed by atoms with Gasteiger partial charge in [0.1, 0.15) is 6.54 Å². The first-order valence-corrected chi connectivity index (χ1v) is 10.3. The summed E-state index contributed by atoms with van der Waals surface area (Å²) in [5, 5.41) is 7.25. The number of esters is 1. The van der Waals surface area contributed by atoms with Crippen molar-refractivity contribution in [2.75, 3.05) is 25.0 Å². The van der Waals surface area contributed by atoms with Gasteiger partial charge in [0, 0.05) is 30.1 Å². The number of hydrogen-bond acceptors (Lipinski definition) is 3. The van der Waals surface area contributed by atoms with Gasteiger partial charge < -0.3 is 20.3 Å². The van der Waals surface area contributed by atoms with Crippen molar-refractivity contribution in [3.8, 4) is 0 Å². The Balaban J connectivity index is 1.41. The van der Waals surface area contributed by atoms with Gasteiger partial charge in [0.15, 0.2) is 5.11 Å². The minimum Gasteiger partial charge on any atom is -0.462 e. The number of benzene rings is 2. The van der Waals surface area contributed by atoms with E-state index < -0.39 is 0 Å². The zero-order chi connectivity index (χ0) is 19.8. The summed E-state index contributed by atoms with van der Waals surface area (Å²) >= 11 is 5.46. The van der Waals surface area contributed by atoms with Crippen molar-refractivity contribution in [3.63, 3.8) is 0 Å². The van der Waals surface area contributed by atoms with E-state index >= 15 is 0 Å². The van der Waals surface area contributed by atoms with Gasteiger partial charge in [-0.15, -0.1) is 0 Å². The molecule has 1 fully saturated rings. The van der Waals surface area contributed by atoms with E-state index in [1.807, 2.05) is 12.1 Å². The molecule has 148 valence electrons. The van der Waals surface area contributed by atoms with Gasteiger partial charge in [0.2, 0.25) is 0 Å². The Hall–Kier alpha value is -2.44. The second-order valence-corrected chi connectivity index (χ2v) is 7.49. The Morgan fingerprint density at radius 3 is 2.43 bits per heavy atom. The highest BCUT2D eigenvalue weighted by Gasteiger charge is 2.22. The van der Waals surface area contributed by atoms with Crippen LogP contribution < -0.4 is 15.5 Å². The first kappa shape index (κ1) is 20.3. The molecular formula is C22H28N3O2S+. The summed E-state index contributed by atoms with van der Waals surface area (Å²) in [5.74, 6) is -0.306. The average molecular weight is 399 g/mol. The highest BCUT2D eigenvalue weighted by atomic mass is 32.1. The maximum absolute atomic E-state index is 11.7. The summed E-state index contributed by atoms with van der Waals surface area (Å²) in [6.45, 7) is 5.54. The molecule has 0 bridgehead atoms. The Morgan fingerprint density at radius 1 is 1.11 bits per heavy atom. The number of ether oxygens (including phenoxy) is 1. The highest BCUT2D eigenvalue weighted by Crippen LogP contribution is 2.11. The van der Waals surface area contributed by atoms with Crippen LogP contribution in [-0.4, -0.2) is 36.8 Å². The van der Waals surface area contributed by atoms with Crippen LogP contribution in [0.5, 0.6) is 0 Å². The standard InChI is InChI=1S/C22H27N3O2S/c1-2-27-21(26)18-8-10-19(11-9-18)23-22(28)24-20-12-14-25(15-13-20)16-17-6-4-3-5-7-17/h3-11,20H,2,12-16H2,1H3,(H2,23,24,28)/p+1. The molecule has 0 unspecified atom stereocenters. The molecule has 28 heavy (non-hydrogen) atoms. The van der Waals surface area contributed by atoms with Gasteiger partial charge in [0.25, 0.3) is 0 Å². The zero-order valence-corrected chi connectivity index (χ0v) is 17.1. The molecule has 2 aromatic rings. The van der Waals surface area contributed by atoms with Crippen LogP contribution >= 0.6 is 12.2 Å². The largest absolute Gasteiger partial charge is 0.462 e. The SMILES string of the molecule is CCOC(=O)c1ccc(NC(=S)NC2CC[NH+](Cc3ccccc3)CC2)cc1. The number of thiocarbonyl (C=S) groups is 1. The van der Waals surface area contributed by atoms with E-state index in [0.29, 0.717) is 23.3 Å². The molecule has 0 radical (unpaired) electrons. The van der Waals surface area contributed by atoms with E-state index in [1.165, 1.54) is 5.56 Å². The predicted octanol–water partition coefficient (Wildman–Crippen LogP) is 2.40. The predicted molar refractivity (Wildman–Crippen MR) is 116 cm³/mol. The van der Waals surface area contributed by atoms with Crippen molar-refractivity contribution in [2.45, 2.75) is 32.4 Å². The monoisotopic (exact) mass is 398 g/mol. The maximum atomic E-state index is 11.7. The lowest BCUT2D eigenvalue weighted by molar-refractivity contribution is -0.918. The van der Waals surface area contributed by atoms with Gasteiger partial charge in [0.05, 0.1) is 25.3 Å². The van der Waals surface area contributed by atoms with Crippen LogP contribution in [-0.2, 0) is 11.3 Å². The van der Waals surface area contributed by atoms with Crippen molar-refractivity contribution in [3.05, 3.63) is 65.7 Å². The fourth-order valence-corrected chi connectivity index (χ4v) is 3.77. The Morgan fingerprint density at radius 2 is 1.79 bits per heavy atom. The number of rotatable bonds is 6. The van der Waals surface area contributed by atoms with Gasteiger partial charge in [-0.1, -0.05) is 30.3 Å². The molecular weight excluding hydrogens is 370 g/mol. The second-order valence-electron chi connectivity index (χ2n) is 7.08. The van der Waals surface area contributed by atoms with Crippen molar-refractivity contribution in [1.29, 1.82) is 0 Å². The summed E-state index contributed by atoms with van der Waals surface area (Å²) in [4.78, 5) is 13.3. The van der Waals surface area contributed by atoms with Gasteiger partial charge in [-0.2, -0.15) is 0 Å². The normalized spacial score (nSPS) is 18.9.